The van der Waals surface area contributed by atoms with E-state index in [-0.39, 0.29) is 23.7 Å². The van der Waals surface area contributed by atoms with Crippen LogP contribution in [-0.2, 0) is 11.2 Å². The fraction of sp³-hybridized carbons (Fsp3) is 0.739. The summed E-state index contributed by atoms with van der Waals surface area (Å²) in [6, 6.07) is 4.58. The molecular formula is C23H35NO4. The number of aliphatic hydroxyl groups is 1. The summed E-state index contributed by atoms with van der Waals surface area (Å²) in [5.74, 6) is 1.97. The van der Waals surface area contributed by atoms with E-state index in [0.29, 0.717) is 12.5 Å². The first-order valence-corrected chi connectivity index (χ1v) is 10.7. The topological polar surface area (TPSA) is 51.2 Å². The smallest absolute Gasteiger partial charge is 0.162 e. The van der Waals surface area contributed by atoms with Crippen LogP contribution in [0, 0.1) is 11.3 Å². The maximum Gasteiger partial charge on any atom is 0.162 e. The Hall–Kier alpha value is -1.30. The average molecular weight is 390 g/mol. The molecule has 1 N–H and O–H groups in total. The highest BCUT2D eigenvalue weighted by molar-refractivity contribution is 5.50. The standard InChI is InChI=1S/C23H35NO4/c1-23(2,3)12-16-13-24-7-5-15-9-22(28-17-6-8-27-14-17)21(26-4)10-18(15)19(24)11-20(16)25/h9-10,16-17,19-20,25H,5-8,11-14H2,1-4H3/t16?,17-,19?,20?/m0/s1. The molecule has 1 aromatic carbocycles. The summed E-state index contributed by atoms with van der Waals surface area (Å²) in [6.45, 7) is 10.2. The molecule has 4 rings (SSSR count). The number of ether oxygens (including phenoxy) is 3. The number of aliphatic hydroxyl groups excluding tert-OH is 1. The van der Waals surface area contributed by atoms with Crippen LogP contribution in [0.1, 0.15) is 57.2 Å². The molecule has 5 nitrogen and oxygen atoms in total. The molecule has 2 fully saturated rings. The highest BCUT2D eigenvalue weighted by Crippen LogP contribution is 2.44. The zero-order valence-electron chi connectivity index (χ0n) is 17.7. The third-order valence-corrected chi connectivity index (χ3v) is 6.43. The Morgan fingerprint density at radius 3 is 2.75 bits per heavy atom. The van der Waals surface area contributed by atoms with Crippen molar-refractivity contribution < 1.29 is 19.3 Å². The van der Waals surface area contributed by atoms with Gasteiger partial charge < -0.3 is 19.3 Å². The predicted octanol–water partition coefficient (Wildman–Crippen LogP) is 3.58. The van der Waals surface area contributed by atoms with Gasteiger partial charge in [-0.25, -0.2) is 0 Å². The van der Waals surface area contributed by atoms with Gasteiger partial charge in [0.2, 0.25) is 0 Å². The molecule has 156 valence electrons. The van der Waals surface area contributed by atoms with E-state index < -0.39 is 0 Å². The van der Waals surface area contributed by atoms with E-state index in [9.17, 15) is 5.11 Å². The van der Waals surface area contributed by atoms with E-state index in [1.807, 2.05) is 0 Å². The zero-order chi connectivity index (χ0) is 19.9. The average Bonchev–Trinajstić information content (AvgIpc) is 3.14. The summed E-state index contributed by atoms with van der Waals surface area (Å²) in [5, 5.41) is 10.9. The van der Waals surface area contributed by atoms with Crippen molar-refractivity contribution in [3.05, 3.63) is 23.3 Å². The van der Waals surface area contributed by atoms with Crippen molar-refractivity contribution >= 4 is 0 Å². The SMILES string of the molecule is COc1cc2c(cc1O[C@H]1CCOC1)CCN1CC(CC(C)(C)C)C(O)CC21. The summed E-state index contributed by atoms with van der Waals surface area (Å²) in [6.07, 6.45) is 3.67. The fourth-order valence-electron chi connectivity index (χ4n) is 5.12. The summed E-state index contributed by atoms with van der Waals surface area (Å²) >= 11 is 0. The Balaban J connectivity index is 1.55. The largest absolute Gasteiger partial charge is 0.493 e. The number of fused-ring (bicyclic) bond motifs is 3. The molecule has 3 aliphatic rings. The van der Waals surface area contributed by atoms with Gasteiger partial charge in [-0.1, -0.05) is 20.8 Å². The third kappa shape index (κ3) is 4.17. The summed E-state index contributed by atoms with van der Waals surface area (Å²) < 4.78 is 17.3. The summed E-state index contributed by atoms with van der Waals surface area (Å²) in [4.78, 5) is 2.57. The number of hydrogen-bond donors (Lipinski definition) is 1. The van der Waals surface area contributed by atoms with Crippen LogP contribution in [0.4, 0.5) is 0 Å². The van der Waals surface area contributed by atoms with Crippen molar-refractivity contribution in [3.63, 3.8) is 0 Å². The van der Waals surface area contributed by atoms with Gasteiger partial charge in [0.05, 0.1) is 26.4 Å². The van der Waals surface area contributed by atoms with E-state index in [1.54, 1.807) is 7.11 Å². The Labute approximate surface area is 169 Å². The minimum atomic E-state index is -0.246. The maximum atomic E-state index is 10.9. The lowest BCUT2D eigenvalue weighted by molar-refractivity contribution is -0.0259. The van der Waals surface area contributed by atoms with Gasteiger partial charge in [0.1, 0.15) is 6.10 Å². The second-order valence-corrected chi connectivity index (χ2v) is 9.89. The van der Waals surface area contributed by atoms with Crippen molar-refractivity contribution in [2.24, 2.45) is 11.3 Å². The van der Waals surface area contributed by atoms with Crippen molar-refractivity contribution in [2.45, 2.75) is 64.7 Å². The molecule has 0 amide bonds. The first kappa shape index (κ1) is 20.0. The van der Waals surface area contributed by atoms with Crippen molar-refractivity contribution in [1.82, 2.24) is 4.90 Å². The minimum absolute atomic E-state index is 0.113. The molecule has 0 bridgehead atoms. The number of nitrogens with zero attached hydrogens (tertiary/aromatic N) is 1. The van der Waals surface area contributed by atoms with Crippen LogP contribution in [0.5, 0.6) is 11.5 Å². The first-order chi connectivity index (χ1) is 13.3. The Bertz CT molecular complexity index is 693. The van der Waals surface area contributed by atoms with Crippen LogP contribution >= 0.6 is 0 Å². The second-order valence-electron chi connectivity index (χ2n) is 9.89. The van der Waals surface area contributed by atoms with E-state index in [2.05, 4.69) is 37.8 Å². The predicted molar refractivity (Wildman–Crippen MR) is 109 cm³/mol. The zero-order valence-corrected chi connectivity index (χ0v) is 17.7. The van der Waals surface area contributed by atoms with E-state index in [0.717, 1.165) is 56.9 Å². The van der Waals surface area contributed by atoms with Crippen LogP contribution in [-0.4, -0.2) is 55.6 Å². The monoisotopic (exact) mass is 389 g/mol. The lowest BCUT2D eigenvalue weighted by Crippen LogP contribution is -2.48. The highest BCUT2D eigenvalue weighted by Gasteiger charge is 2.40. The number of hydrogen-bond acceptors (Lipinski definition) is 5. The molecule has 0 aliphatic carbocycles. The summed E-state index contributed by atoms with van der Waals surface area (Å²) in [7, 11) is 1.70. The normalized spacial score (nSPS) is 30.6. The molecular weight excluding hydrogens is 354 g/mol. The Morgan fingerprint density at radius 1 is 1.25 bits per heavy atom. The molecule has 0 aromatic heterocycles. The van der Waals surface area contributed by atoms with E-state index >= 15 is 0 Å². The Kier molecular flexibility index (Phi) is 5.60. The number of rotatable bonds is 4. The molecule has 0 radical (unpaired) electrons. The lowest BCUT2D eigenvalue weighted by atomic mass is 9.75. The number of methoxy groups -OCH3 is 1. The van der Waals surface area contributed by atoms with Gasteiger partial charge in [0.15, 0.2) is 11.5 Å². The molecule has 5 heteroatoms. The van der Waals surface area contributed by atoms with Crippen LogP contribution in [0.15, 0.2) is 12.1 Å². The van der Waals surface area contributed by atoms with Gasteiger partial charge in [-0.05, 0) is 53.9 Å². The molecule has 3 heterocycles. The molecule has 2 saturated heterocycles. The third-order valence-electron chi connectivity index (χ3n) is 6.43. The van der Waals surface area contributed by atoms with Gasteiger partial charge in [0.25, 0.3) is 0 Å². The van der Waals surface area contributed by atoms with Crippen molar-refractivity contribution in [2.75, 3.05) is 33.4 Å². The van der Waals surface area contributed by atoms with Crippen molar-refractivity contribution in [3.8, 4) is 11.5 Å². The van der Waals surface area contributed by atoms with Gasteiger partial charge in [0, 0.05) is 25.6 Å². The van der Waals surface area contributed by atoms with Gasteiger partial charge in [-0.3, -0.25) is 4.90 Å². The van der Waals surface area contributed by atoms with Gasteiger partial charge >= 0.3 is 0 Å². The maximum absolute atomic E-state index is 10.9. The highest BCUT2D eigenvalue weighted by atomic mass is 16.6. The van der Waals surface area contributed by atoms with Crippen LogP contribution < -0.4 is 9.47 Å². The van der Waals surface area contributed by atoms with Crippen molar-refractivity contribution in [1.29, 1.82) is 0 Å². The van der Waals surface area contributed by atoms with Crippen LogP contribution in [0.3, 0.4) is 0 Å². The van der Waals surface area contributed by atoms with E-state index in [4.69, 9.17) is 14.2 Å². The second kappa shape index (κ2) is 7.85. The molecule has 4 atom stereocenters. The molecule has 28 heavy (non-hydrogen) atoms. The van der Waals surface area contributed by atoms with Gasteiger partial charge in [-0.2, -0.15) is 0 Å². The minimum Gasteiger partial charge on any atom is -0.493 e. The molecule has 3 unspecified atom stereocenters. The van der Waals surface area contributed by atoms with Crippen LogP contribution in [0.2, 0.25) is 0 Å². The molecule has 3 aliphatic heterocycles. The molecule has 1 aromatic rings. The van der Waals surface area contributed by atoms with E-state index in [1.165, 1.54) is 11.1 Å². The van der Waals surface area contributed by atoms with Crippen LogP contribution in [0.25, 0.3) is 0 Å². The molecule has 0 saturated carbocycles. The first-order valence-electron chi connectivity index (χ1n) is 10.7. The quantitative estimate of drug-likeness (QED) is 0.853. The lowest BCUT2D eigenvalue weighted by Gasteiger charge is -2.47. The number of benzene rings is 1. The fourth-order valence-corrected chi connectivity index (χ4v) is 5.12. The Morgan fingerprint density at radius 2 is 2.07 bits per heavy atom. The van der Waals surface area contributed by atoms with Gasteiger partial charge in [-0.15, -0.1) is 0 Å². The summed E-state index contributed by atoms with van der Waals surface area (Å²) in [5.41, 5.74) is 2.87. The molecule has 0 spiro atoms. The number of piperidine rings is 1.